The molecule has 1 aromatic carbocycles. The van der Waals surface area contributed by atoms with E-state index in [1.54, 1.807) is 6.07 Å². The summed E-state index contributed by atoms with van der Waals surface area (Å²) >= 11 is 5.84. The second-order valence-electron chi connectivity index (χ2n) is 4.70. The van der Waals surface area contributed by atoms with E-state index in [0.29, 0.717) is 18.2 Å². The zero-order valence-corrected chi connectivity index (χ0v) is 11.3. The number of hydrogen-bond acceptors (Lipinski definition) is 2. The molecular formula is C14H18ClNO2. The van der Waals surface area contributed by atoms with Crippen LogP contribution in [0.1, 0.15) is 43.0 Å². The highest BCUT2D eigenvalue weighted by atomic mass is 35.5. The van der Waals surface area contributed by atoms with Crippen LogP contribution in [-0.4, -0.2) is 28.5 Å². The number of hydrogen-bond donors (Lipinski definition) is 1. The van der Waals surface area contributed by atoms with Crippen LogP contribution >= 0.6 is 11.6 Å². The van der Waals surface area contributed by atoms with Crippen LogP contribution in [0.15, 0.2) is 18.2 Å². The summed E-state index contributed by atoms with van der Waals surface area (Å²) < 4.78 is 0. The molecule has 1 aliphatic carbocycles. The van der Waals surface area contributed by atoms with Gasteiger partial charge in [0.2, 0.25) is 0 Å². The number of nitrogens with zero attached hydrogens (tertiary/aromatic N) is 1. The van der Waals surface area contributed by atoms with Gasteiger partial charge in [-0.15, -0.1) is 0 Å². The molecule has 4 heteroatoms. The number of aromatic hydroxyl groups is 1. The van der Waals surface area contributed by atoms with Crippen molar-refractivity contribution in [1.82, 2.24) is 4.90 Å². The first-order valence-electron chi connectivity index (χ1n) is 6.43. The number of phenols is 1. The maximum absolute atomic E-state index is 12.4. The highest BCUT2D eigenvalue weighted by molar-refractivity contribution is 6.32. The molecule has 1 amide bonds. The molecule has 1 fully saturated rings. The number of halogens is 1. The van der Waals surface area contributed by atoms with Gasteiger partial charge in [0.15, 0.2) is 0 Å². The lowest BCUT2D eigenvalue weighted by Crippen LogP contribution is -2.38. The number of phenolic OH excluding ortho intramolecular Hbond substituents is 1. The first-order valence-corrected chi connectivity index (χ1v) is 6.80. The van der Waals surface area contributed by atoms with E-state index in [-0.39, 0.29) is 16.7 Å². The van der Waals surface area contributed by atoms with Crippen LogP contribution in [0.3, 0.4) is 0 Å². The molecule has 0 spiro atoms. The van der Waals surface area contributed by atoms with Crippen molar-refractivity contribution in [2.24, 2.45) is 0 Å². The molecular weight excluding hydrogens is 250 g/mol. The Morgan fingerprint density at radius 2 is 2.11 bits per heavy atom. The third kappa shape index (κ3) is 2.61. The molecule has 1 N–H and O–H groups in total. The molecule has 0 heterocycles. The third-order valence-corrected chi connectivity index (χ3v) is 3.86. The third-order valence-electron chi connectivity index (χ3n) is 3.56. The molecule has 0 atom stereocenters. The second kappa shape index (κ2) is 5.61. The standard InChI is InChI=1S/C14H18ClNO2/c1-2-16(11-5-3-4-6-11)14(18)10-7-8-13(17)12(15)9-10/h7-9,11,17H,2-6H2,1H3. The van der Waals surface area contributed by atoms with Gasteiger partial charge in [-0.25, -0.2) is 0 Å². The predicted molar refractivity (Wildman–Crippen MR) is 72.1 cm³/mol. The van der Waals surface area contributed by atoms with Gasteiger partial charge in [-0.1, -0.05) is 24.4 Å². The minimum Gasteiger partial charge on any atom is -0.506 e. The minimum atomic E-state index is 0.00583. The molecule has 0 radical (unpaired) electrons. The lowest BCUT2D eigenvalue weighted by atomic mass is 10.1. The van der Waals surface area contributed by atoms with Gasteiger partial charge in [-0.3, -0.25) is 4.79 Å². The molecule has 18 heavy (non-hydrogen) atoms. The number of benzene rings is 1. The topological polar surface area (TPSA) is 40.5 Å². The molecule has 0 unspecified atom stereocenters. The minimum absolute atomic E-state index is 0.00583. The van der Waals surface area contributed by atoms with E-state index < -0.39 is 0 Å². The summed E-state index contributed by atoms with van der Waals surface area (Å²) in [5, 5.41) is 9.60. The fourth-order valence-electron chi connectivity index (χ4n) is 2.59. The monoisotopic (exact) mass is 267 g/mol. The van der Waals surface area contributed by atoms with E-state index in [0.717, 1.165) is 12.8 Å². The summed E-state index contributed by atoms with van der Waals surface area (Å²) in [5.74, 6) is 0.0171. The molecule has 3 nitrogen and oxygen atoms in total. The van der Waals surface area contributed by atoms with Gasteiger partial charge in [-0.05, 0) is 38.0 Å². The molecule has 0 aromatic heterocycles. The fourth-order valence-corrected chi connectivity index (χ4v) is 2.77. The predicted octanol–water partition coefficient (Wildman–Crippen LogP) is 3.45. The van der Waals surface area contributed by atoms with Crippen molar-refractivity contribution in [2.45, 2.75) is 38.6 Å². The Kier molecular flexibility index (Phi) is 4.12. The first kappa shape index (κ1) is 13.2. The Bertz CT molecular complexity index is 441. The molecule has 2 rings (SSSR count). The molecule has 0 aliphatic heterocycles. The SMILES string of the molecule is CCN(C(=O)c1ccc(O)c(Cl)c1)C1CCCC1. The van der Waals surface area contributed by atoms with Crippen LogP contribution in [0.5, 0.6) is 5.75 Å². The Balaban J connectivity index is 2.19. The molecule has 0 bridgehead atoms. The van der Waals surface area contributed by atoms with Crippen LogP contribution in [0.25, 0.3) is 0 Å². The normalized spacial score (nSPS) is 15.9. The highest BCUT2D eigenvalue weighted by Gasteiger charge is 2.26. The number of rotatable bonds is 3. The van der Waals surface area contributed by atoms with Crippen molar-refractivity contribution < 1.29 is 9.90 Å². The highest BCUT2D eigenvalue weighted by Crippen LogP contribution is 2.27. The van der Waals surface area contributed by atoms with Gasteiger partial charge in [0.05, 0.1) is 5.02 Å². The first-order chi connectivity index (χ1) is 8.63. The summed E-state index contributed by atoms with van der Waals surface area (Å²) in [6, 6.07) is 4.99. The van der Waals surface area contributed by atoms with E-state index >= 15 is 0 Å². The average molecular weight is 268 g/mol. The lowest BCUT2D eigenvalue weighted by Gasteiger charge is -2.27. The van der Waals surface area contributed by atoms with Crippen LogP contribution < -0.4 is 0 Å². The maximum Gasteiger partial charge on any atom is 0.254 e. The van der Waals surface area contributed by atoms with Gasteiger partial charge in [0.25, 0.3) is 5.91 Å². The van der Waals surface area contributed by atoms with Gasteiger partial charge in [-0.2, -0.15) is 0 Å². The molecule has 1 aromatic rings. The molecule has 1 aliphatic rings. The van der Waals surface area contributed by atoms with E-state index in [1.165, 1.54) is 25.0 Å². The fraction of sp³-hybridized carbons (Fsp3) is 0.500. The van der Waals surface area contributed by atoms with Crippen molar-refractivity contribution in [3.8, 4) is 5.75 Å². The van der Waals surface area contributed by atoms with Gasteiger partial charge in [0.1, 0.15) is 5.75 Å². The van der Waals surface area contributed by atoms with Crippen molar-refractivity contribution >= 4 is 17.5 Å². The number of carbonyl (C=O) groups excluding carboxylic acids is 1. The van der Waals surface area contributed by atoms with E-state index in [4.69, 9.17) is 11.6 Å². The number of carbonyl (C=O) groups is 1. The van der Waals surface area contributed by atoms with Crippen molar-refractivity contribution in [2.75, 3.05) is 6.54 Å². The lowest BCUT2D eigenvalue weighted by molar-refractivity contribution is 0.0693. The van der Waals surface area contributed by atoms with E-state index in [2.05, 4.69) is 0 Å². The summed E-state index contributed by atoms with van der Waals surface area (Å²) in [7, 11) is 0. The summed E-state index contributed by atoms with van der Waals surface area (Å²) in [4.78, 5) is 14.3. The summed E-state index contributed by atoms with van der Waals surface area (Å²) in [5.41, 5.74) is 0.548. The second-order valence-corrected chi connectivity index (χ2v) is 5.10. The van der Waals surface area contributed by atoms with Gasteiger partial charge in [0, 0.05) is 18.2 Å². The van der Waals surface area contributed by atoms with Crippen molar-refractivity contribution in [1.29, 1.82) is 0 Å². The van der Waals surface area contributed by atoms with Crippen LogP contribution in [0.2, 0.25) is 5.02 Å². The van der Waals surface area contributed by atoms with Crippen molar-refractivity contribution in [3.63, 3.8) is 0 Å². The Morgan fingerprint density at radius 3 is 2.67 bits per heavy atom. The van der Waals surface area contributed by atoms with Crippen LogP contribution in [-0.2, 0) is 0 Å². The largest absolute Gasteiger partial charge is 0.506 e. The Morgan fingerprint density at radius 1 is 1.44 bits per heavy atom. The van der Waals surface area contributed by atoms with Crippen molar-refractivity contribution in [3.05, 3.63) is 28.8 Å². The number of amides is 1. The van der Waals surface area contributed by atoms with E-state index in [1.807, 2.05) is 11.8 Å². The smallest absolute Gasteiger partial charge is 0.254 e. The van der Waals surface area contributed by atoms with Crippen LogP contribution in [0, 0.1) is 0 Å². The van der Waals surface area contributed by atoms with E-state index in [9.17, 15) is 9.90 Å². The Hall–Kier alpha value is -1.22. The molecule has 1 saturated carbocycles. The molecule has 98 valence electrons. The zero-order valence-electron chi connectivity index (χ0n) is 10.5. The van der Waals surface area contributed by atoms with Gasteiger partial charge < -0.3 is 10.0 Å². The average Bonchev–Trinajstić information content (AvgIpc) is 2.87. The van der Waals surface area contributed by atoms with Gasteiger partial charge >= 0.3 is 0 Å². The summed E-state index contributed by atoms with van der Waals surface area (Å²) in [6.07, 6.45) is 4.58. The Labute approximate surface area is 112 Å². The molecule has 0 saturated heterocycles. The quantitative estimate of drug-likeness (QED) is 0.911. The zero-order chi connectivity index (χ0) is 13.1. The maximum atomic E-state index is 12.4. The van der Waals surface area contributed by atoms with Crippen LogP contribution in [0.4, 0.5) is 0 Å². The summed E-state index contributed by atoms with van der Waals surface area (Å²) in [6.45, 7) is 2.71.